The maximum Gasteiger partial charge on any atom is 0.183 e. The van der Waals surface area contributed by atoms with Gasteiger partial charge in [-0.25, -0.2) is 15.0 Å². The van der Waals surface area contributed by atoms with Gasteiger partial charge in [0.2, 0.25) is 0 Å². The Morgan fingerprint density at radius 2 is 1.92 bits per heavy atom. The molecule has 0 bridgehead atoms. The number of nitrogens with zero attached hydrogens (tertiary/aromatic N) is 3. The van der Waals surface area contributed by atoms with E-state index in [1.807, 2.05) is 44.6 Å². The Hall–Kier alpha value is -2.05. The van der Waals surface area contributed by atoms with Crippen molar-refractivity contribution >= 4 is 34.7 Å². The number of nitrogens with one attached hydrogen (secondary N) is 1. The van der Waals surface area contributed by atoms with Crippen LogP contribution in [-0.2, 0) is 11.3 Å². The first-order chi connectivity index (χ1) is 12.8. The van der Waals surface area contributed by atoms with Crippen LogP contribution in [0.1, 0.15) is 61.0 Å². The minimum absolute atomic E-state index is 0.379. The van der Waals surface area contributed by atoms with E-state index in [0.29, 0.717) is 12.7 Å². The lowest BCUT2D eigenvalue weighted by Gasteiger charge is -2.21. The normalized spacial score (nSPS) is 15.9. The summed E-state index contributed by atoms with van der Waals surface area (Å²) in [4.78, 5) is 14.5. The molecule has 0 unspecified atom stereocenters. The molecule has 6 heteroatoms. The van der Waals surface area contributed by atoms with Crippen molar-refractivity contribution in [1.82, 2.24) is 15.0 Å². The van der Waals surface area contributed by atoms with Crippen LogP contribution in [-0.4, -0.2) is 28.1 Å². The van der Waals surface area contributed by atoms with Gasteiger partial charge in [-0.1, -0.05) is 42.8 Å². The van der Waals surface area contributed by atoms with Crippen molar-refractivity contribution in [2.24, 2.45) is 0 Å². The van der Waals surface area contributed by atoms with Gasteiger partial charge in [0, 0.05) is 25.0 Å². The number of anilines is 1. The van der Waals surface area contributed by atoms with Crippen LogP contribution in [0.5, 0.6) is 0 Å². The molecule has 1 fully saturated rings. The van der Waals surface area contributed by atoms with Crippen molar-refractivity contribution < 1.29 is 4.74 Å². The van der Waals surface area contributed by atoms with Crippen molar-refractivity contribution in [3.8, 4) is 0 Å². The molecule has 26 heavy (non-hydrogen) atoms. The maximum atomic E-state index is 5.93. The Balaban J connectivity index is 1.60. The van der Waals surface area contributed by atoms with Gasteiger partial charge in [-0.2, -0.15) is 0 Å². The fraction of sp³-hybridized carbons (Fsp3) is 0.450. The Morgan fingerprint density at radius 1 is 1.15 bits per heavy atom. The Kier molecular flexibility index (Phi) is 6.91. The molecule has 2 aromatic heterocycles. The number of hydrogen-bond donors (Lipinski definition) is 1. The molecular weight excluding hydrogens is 344 g/mol. The molecule has 1 saturated carbocycles. The fourth-order valence-corrected chi connectivity index (χ4v) is 3.78. The molecule has 5 nitrogen and oxygen atoms in total. The summed E-state index contributed by atoms with van der Waals surface area (Å²) in [5.74, 6) is 0.748. The maximum absolute atomic E-state index is 5.93. The molecule has 0 atom stereocenters. The average molecular weight is 371 g/mol. The van der Waals surface area contributed by atoms with Crippen LogP contribution in [0.4, 0.5) is 5.13 Å². The number of thiazole rings is 1. The van der Waals surface area contributed by atoms with Crippen molar-refractivity contribution in [2.45, 2.75) is 51.7 Å². The van der Waals surface area contributed by atoms with Gasteiger partial charge in [-0.05, 0) is 31.9 Å². The minimum atomic E-state index is 0.379. The molecule has 1 N–H and O–H groups in total. The number of rotatable bonds is 7. The van der Waals surface area contributed by atoms with Crippen molar-refractivity contribution in [1.29, 1.82) is 0 Å². The predicted molar refractivity (Wildman–Crippen MR) is 109 cm³/mol. The summed E-state index contributed by atoms with van der Waals surface area (Å²) in [6, 6.07) is 0. The summed E-state index contributed by atoms with van der Waals surface area (Å²) in [5.41, 5.74) is 1.94. The number of hydrogen-bond acceptors (Lipinski definition) is 6. The number of ether oxygens (including phenoxy) is 1. The molecule has 0 spiro atoms. The van der Waals surface area contributed by atoms with E-state index in [1.54, 1.807) is 11.3 Å². The molecule has 0 saturated heterocycles. The Morgan fingerprint density at radius 3 is 2.62 bits per heavy atom. The molecule has 3 rings (SSSR count). The lowest BCUT2D eigenvalue weighted by Crippen LogP contribution is -2.17. The zero-order valence-corrected chi connectivity index (χ0v) is 16.3. The molecule has 1 aliphatic carbocycles. The monoisotopic (exact) mass is 370 g/mol. The first kappa shape index (κ1) is 18.7. The molecule has 2 aromatic rings. The van der Waals surface area contributed by atoms with Gasteiger partial charge in [0.05, 0.1) is 16.7 Å². The van der Waals surface area contributed by atoms with E-state index < -0.39 is 0 Å². The summed E-state index contributed by atoms with van der Waals surface area (Å²) in [6.07, 6.45) is 18.4. The van der Waals surface area contributed by atoms with Crippen molar-refractivity contribution in [3.05, 3.63) is 40.4 Å². The summed E-state index contributed by atoms with van der Waals surface area (Å²) in [7, 11) is 1.88. The van der Waals surface area contributed by atoms with E-state index in [0.717, 1.165) is 27.1 Å². The minimum Gasteiger partial charge on any atom is -0.370 e. The Bertz CT molecular complexity index is 746. The lowest BCUT2D eigenvalue weighted by molar-refractivity contribution is 0.0135. The van der Waals surface area contributed by atoms with Gasteiger partial charge in [0.25, 0.3) is 0 Å². The van der Waals surface area contributed by atoms with Crippen LogP contribution < -0.4 is 5.32 Å². The highest BCUT2D eigenvalue weighted by atomic mass is 32.1. The molecule has 0 radical (unpaired) electrons. The fourth-order valence-electron chi connectivity index (χ4n) is 2.97. The topological polar surface area (TPSA) is 59.9 Å². The van der Waals surface area contributed by atoms with Crippen LogP contribution in [0.3, 0.4) is 0 Å². The van der Waals surface area contributed by atoms with Gasteiger partial charge in [-0.3, -0.25) is 0 Å². The molecule has 1 aliphatic rings. The highest BCUT2D eigenvalue weighted by Crippen LogP contribution is 2.26. The summed E-state index contributed by atoms with van der Waals surface area (Å²) >= 11 is 1.62. The van der Waals surface area contributed by atoms with Gasteiger partial charge in [-0.15, -0.1) is 0 Å². The van der Waals surface area contributed by atoms with Crippen molar-refractivity contribution in [3.63, 3.8) is 0 Å². The first-order valence-corrected chi connectivity index (χ1v) is 10.0. The smallest absolute Gasteiger partial charge is 0.183 e. The second kappa shape index (κ2) is 9.59. The largest absolute Gasteiger partial charge is 0.370 e. The average Bonchev–Trinajstić information content (AvgIpc) is 3.09. The molecule has 138 valence electrons. The highest BCUT2D eigenvalue weighted by Gasteiger charge is 2.14. The molecule has 0 aromatic carbocycles. The van der Waals surface area contributed by atoms with Gasteiger partial charge in [0.1, 0.15) is 6.61 Å². The van der Waals surface area contributed by atoms with E-state index in [-0.39, 0.29) is 0 Å². The highest BCUT2D eigenvalue weighted by molar-refractivity contribution is 7.16. The SMILES string of the molecule is C/C=C\c1nc(NC)sc1/C=C/c1cnc(COC2CCCCC2)nc1. The van der Waals surface area contributed by atoms with Crippen molar-refractivity contribution in [2.75, 3.05) is 12.4 Å². The third-order valence-electron chi connectivity index (χ3n) is 4.37. The zero-order valence-electron chi connectivity index (χ0n) is 15.4. The van der Waals surface area contributed by atoms with E-state index in [9.17, 15) is 0 Å². The van der Waals surface area contributed by atoms with E-state index >= 15 is 0 Å². The zero-order chi connectivity index (χ0) is 18.2. The Labute approximate surface area is 159 Å². The summed E-state index contributed by atoms with van der Waals surface area (Å²) in [5, 5.41) is 4.00. The molecule has 0 aliphatic heterocycles. The molecular formula is C20H26N4OS. The molecule has 0 amide bonds. The standard InChI is InChI=1S/C20H26N4OS/c1-3-7-17-18(26-20(21-2)24-17)11-10-15-12-22-19(23-13-15)14-25-16-8-5-4-6-9-16/h3,7,10-13,16H,4-6,8-9,14H2,1-2H3,(H,21,24)/b7-3-,11-10+. The lowest BCUT2D eigenvalue weighted by atomic mass is 9.98. The van der Waals surface area contributed by atoms with Crippen LogP contribution >= 0.6 is 11.3 Å². The third-order valence-corrected chi connectivity index (χ3v) is 5.43. The van der Waals surface area contributed by atoms with E-state index in [2.05, 4.69) is 26.3 Å². The van der Waals surface area contributed by atoms with Gasteiger partial charge < -0.3 is 10.1 Å². The summed E-state index contributed by atoms with van der Waals surface area (Å²) in [6.45, 7) is 2.49. The van der Waals surface area contributed by atoms with Gasteiger partial charge in [0.15, 0.2) is 11.0 Å². The van der Waals surface area contributed by atoms with E-state index in [1.165, 1.54) is 32.1 Å². The van der Waals surface area contributed by atoms with E-state index in [4.69, 9.17) is 4.74 Å². The van der Waals surface area contributed by atoms with Crippen LogP contribution in [0, 0.1) is 0 Å². The van der Waals surface area contributed by atoms with Crippen LogP contribution in [0.15, 0.2) is 18.5 Å². The van der Waals surface area contributed by atoms with Crippen LogP contribution in [0.2, 0.25) is 0 Å². The summed E-state index contributed by atoms with van der Waals surface area (Å²) < 4.78 is 5.93. The second-order valence-corrected chi connectivity index (χ2v) is 7.39. The first-order valence-electron chi connectivity index (χ1n) is 9.20. The van der Waals surface area contributed by atoms with Crippen LogP contribution in [0.25, 0.3) is 18.2 Å². The number of allylic oxidation sites excluding steroid dienone is 1. The van der Waals surface area contributed by atoms with Gasteiger partial charge >= 0.3 is 0 Å². The quantitative estimate of drug-likeness (QED) is 0.741. The number of aromatic nitrogens is 3. The molecule has 2 heterocycles. The third kappa shape index (κ3) is 5.22. The predicted octanol–water partition coefficient (Wildman–Crippen LogP) is 5.03. The second-order valence-electron chi connectivity index (χ2n) is 6.36.